The van der Waals surface area contributed by atoms with Crippen LogP contribution < -0.4 is 0 Å². The Hall–Kier alpha value is -2.22. The quantitative estimate of drug-likeness (QED) is 0.602. The number of nitrogens with zero attached hydrogens (tertiary/aromatic N) is 1. The van der Waals surface area contributed by atoms with E-state index < -0.39 is 23.0 Å². The molecule has 98 valence electrons. The minimum atomic E-state index is -1.86. The van der Waals surface area contributed by atoms with E-state index in [0.29, 0.717) is 11.1 Å². The van der Waals surface area contributed by atoms with Crippen molar-refractivity contribution in [2.45, 2.75) is 20.3 Å². The van der Waals surface area contributed by atoms with E-state index >= 15 is 0 Å². The van der Waals surface area contributed by atoms with Crippen LogP contribution in [0.3, 0.4) is 0 Å². The maximum Gasteiger partial charge on any atom is 0.334 e. The number of benzene rings is 1. The lowest BCUT2D eigenvalue weighted by molar-refractivity contribution is -0.149. The van der Waals surface area contributed by atoms with Crippen LogP contribution in [-0.2, 0) is 16.0 Å². The third-order valence-electron chi connectivity index (χ3n) is 3.27. The van der Waals surface area contributed by atoms with E-state index in [0.717, 1.165) is 0 Å². The molecule has 0 amide bonds. The number of carbonyl (C=O) groups excluding carboxylic acids is 2. The van der Waals surface area contributed by atoms with Crippen molar-refractivity contribution in [3.8, 4) is 6.07 Å². The van der Waals surface area contributed by atoms with Gasteiger partial charge in [-0.05, 0) is 37.1 Å². The molecule has 1 aliphatic rings. The Morgan fingerprint density at radius 2 is 2.26 bits per heavy atom. The number of ketones is 1. The van der Waals surface area contributed by atoms with Crippen LogP contribution in [0.2, 0.25) is 0 Å². The smallest absolute Gasteiger partial charge is 0.334 e. The molecule has 1 unspecified atom stereocenters. The lowest BCUT2D eigenvalue weighted by atomic mass is 9.85. The second kappa shape index (κ2) is 4.47. The summed E-state index contributed by atoms with van der Waals surface area (Å²) in [5.74, 6) is -1.94. The van der Waals surface area contributed by atoms with Gasteiger partial charge in [-0.25, -0.2) is 9.18 Å². The van der Waals surface area contributed by atoms with Crippen molar-refractivity contribution in [1.29, 1.82) is 5.26 Å². The van der Waals surface area contributed by atoms with Crippen LogP contribution in [0.25, 0.3) is 0 Å². The van der Waals surface area contributed by atoms with Crippen LogP contribution in [0.15, 0.2) is 12.1 Å². The lowest BCUT2D eigenvalue weighted by Crippen LogP contribution is -2.37. The summed E-state index contributed by atoms with van der Waals surface area (Å²) in [5.41, 5.74) is -0.786. The lowest BCUT2D eigenvalue weighted by Gasteiger charge is -2.16. The summed E-state index contributed by atoms with van der Waals surface area (Å²) in [6, 6.07) is 4.17. The zero-order valence-electron chi connectivity index (χ0n) is 10.6. The molecule has 4 nitrogen and oxygen atoms in total. The average molecular weight is 261 g/mol. The maximum atomic E-state index is 13.3. The number of ether oxygens (including phenoxy) is 1. The molecule has 0 N–H and O–H groups in total. The van der Waals surface area contributed by atoms with Crippen LogP contribution in [0.1, 0.15) is 28.4 Å². The molecule has 1 aliphatic carbocycles. The topological polar surface area (TPSA) is 67.2 Å². The van der Waals surface area contributed by atoms with Crippen molar-refractivity contribution < 1.29 is 18.7 Å². The van der Waals surface area contributed by atoms with Crippen LogP contribution in [0.5, 0.6) is 0 Å². The number of fused-ring (bicyclic) bond motifs is 1. The maximum absolute atomic E-state index is 13.3. The van der Waals surface area contributed by atoms with E-state index in [9.17, 15) is 19.2 Å². The third-order valence-corrected chi connectivity index (χ3v) is 3.27. The van der Waals surface area contributed by atoms with Crippen LogP contribution in [-0.4, -0.2) is 18.4 Å². The Morgan fingerprint density at radius 1 is 1.58 bits per heavy atom. The van der Waals surface area contributed by atoms with Gasteiger partial charge in [-0.2, -0.15) is 5.26 Å². The fourth-order valence-corrected chi connectivity index (χ4v) is 2.41. The first-order valence-electron chi connectivity index (χ1n) is 5.88. The Bertz CT molecular complexity index is 618. The largest absolute Gasteiger partial charge is 0.464 e. The summed E-state index contributed by atoms with van der Waals surface area (Å²) in [4.78, 5) is 24.3. The van der Waals surface area contributed by atoms with E-state index in [1.807, 2.05) is 0 Å². The van der Waals surface area contributed by atoms with Gasteiger partial charge in [-0.1, -0.05) is 0 Å². The molecular weight excluding hydrogens is 249 g/mol. The molecule has 2 rings (SSSR count). The van der Waals surface area contributed by atoms with Crippen molar-refractivity contribution in [2.24, 2.45) is 5.41 Å². The van der Waals surface area contributed by atoms with Crippen molar-refractivity contribution >= 4 is 11.8 Å². The number of hydrogen-bond donors (Lipinski definition) is 0. The Morgan fingerprint density at radius 3 is 2.84 bits per heavy atom. The third kappa shape index (κ3) is 1.80. The van der Waals surface area contributed by atoms with Gasteiger partial charge in [-0.15, -0.1) is 0 Å². The van der Waals surface area contributed by atoms with Crippen LogP contribution in [0.4, 0.5) is 4.39 Å². The Labute approximate surface area is 109 Å². The first kappa shape index (κ1) is 13.2. The second-order valence-corrected chi connectivity index (χ2v) is 4.50. The summed E-state index contributed by atoms with van der Waals surface area (Å²) >= 11 is 0. The fourth-order valence-electron chi connectivity index (χ4n) is 2.41. The van der Waals surface area contributed by atoms with E-state index in [-0.39, 0.29) is 18.6 Å². The van der Waals surface area contributed by atoms with Gasteiger partial charge in [0, 0.05) is 12.0 Å². The molecule has 1 atom stereocenters. The molecule has 0 saturated carbocycles. The first-order chi connectivity index (χ1) is 8.96. The molecule has 0 saturated heterocycles. The van der Waals surface area contributed by atoms with Crippen LogP contribution >= 0.6 is 0 Å². The highest BCUT2D eigenvalue weighted by Gasteiger charge is 2.54. The number of halogens is 1. The predicted octanol–water partition coefficient (Wildman–Crippen LogP) is 1.95. The van der Waals surface area contributed by atoms with Crippen LogP contribution in [0, 0.1) is 29.5 Å². The molecule has 0 radical (unpaired) electrons. The van der Waals surface area contributed by atoms with Gasteiger partial charge in [0.25, 0.3) is 0 Å². The van der Waals surface area contributed by atoms with Gasteiger partial charge < -0.3 is 4.74 Å². The summed E-state index contributed by atoms with van der Waals surface area (Å²) in [6.07, 6.45) is -0.130. The van der Waals surface area contributed by atoms with Gasteiger partial charge >= 0.3 is 5.97 Å². The number of Topliss-reactive ketones (excluding diaryl/α,β-unsaturated/α-hetero) is 1. The molecule has 1 aromatic carbocycles. The number of aryl methyl sites for hydroxylation is 1. The van der Waals surface area contributed by atoms with E-state index in [1.54, 1.807) is 19.9 Å². The predicted molar refractivity (Wildman–Crippen MR) is 63.9 cm³/mol. The zero-order chi connectivity index (χ0) is 14.2. The molecule has 0 fully saturated rings. The first-order valence-corrected chi connectivity index (χ1v) is 5.88. The molecule has 1 aromatic rings. The Kier molecular flexibility index (Phi) is 3.11. The summed E-state index contributed by atoms with van der Waals surface area (Å²) in [5, 5.41) is 9.25. The standard InChI is InChI=1S/C14H12FNO3/c1-3-19-13(18)14(7-16)6-9-5-10(15)4-8(2)11(9)12(14)17/h4-5H,3,6H2,1-2H3. The Balaban J connectivity index is 2.56. The minimum absolute atomic E-state index is 0.0826. The van der Waals surface area contributed by atoms with Crippen molar-refractivity contribution in [3.05, 3.63) is 34.6 Å². The number of hydrogen-bond acceptors (Lipinski definition) is 4. The molecule has 19 heavy (non-hydrogen) atoms. The normalized spacial score (nSPS) is 20.8. The molecule has 5 heteroatoms. The SMILES string of the molecule is CCOC(=O)C1(C#N)Cc2cc(F)cc(C)c2C1=O. The highest BCUT2D eigenvalue weighted by atomic mass is 19.1. The highest BCUT2D eigenvalue weighted by Crippen LogP contribution is 2.39. The van der Waals surface area contributed by atoms with E-state index in [4.69, 9.17) is 4.74 Å². The zero-order valence-corrected chi connectivity index (χ0v) is 10.6. The molecular formula is C14H12FNO3. The molecule has 0 aliphatic heterocycles. The van der Waals surface area contributed by atoms with Gasteiger partial charge in [0.1, 0.15) is 5.82 Å². The summed E-state index contributed by atoms with van der Waals surface area (Å²) in [6.45, 7) is 3.26. The number of esters is 1. The van der Waals surface area contributed by atoms with Gasteiger partial charge in [0.05, 0.1) is 12.7 Å². The average Bonchev–Trinajstić information content (AvgIpc) is 2.63. The highest BCUT2D eigenvalue weighted by molar-refractivity contribution is 6.18. The number of nitriles is 1. The summed E-state index contributed by atoms with van der Waals surface area (Å²) in [7, 11) is 0. The minimum Gasteiger partial charge on any atom is -0.464 e. The van der Waals surface area contributed by atoms with E-state index in [2.05, 4.69) is 0 Å². The number of carbonyl (C=O) groups is 2. The molecule has 0 aromatic heterocycles. The van der Waals surface area contributed by atoms with E-state index in [1.165, 1.54) is 12.1 Å². The van der Waals surface area contributed by atoms with Crippen molar-refractivity contribution in [1.82, 2.24) is 0 Å². The number of rotatable bonds is 2. The monoisotopic (exact) mass is 261 g/mol. The molecule has 0 spiro atoms. The fraction of sp³-hybridized carbons (Fsp3) is 0.357. The van der Waals surface area contributed by atoms with Gasteiger partial charge in [0.15, 0.2) is 5.78 Å². The molecule has 0 bridgehead atoms. The van der Waals surface area contributed by atoms with Gasteiger partial charge in [-0.3, -0.25) is 4.79 Å². The van der Waals surface area contributed by atoms with Crippen molar-refractivity contribution in [2.75, 3.05) is 6.61 Å². The molecule has 0 heterocycles. The van der Waals surface area contributed by atoms with Gasteiger partial charge in [0.2, 0.25) is 5.41 Å². The second-order valence-electron chi connectivity index (χ2n) is 4.50. The van der Waals surface area contributed by atoms with Crippen molar-refractivity contribution in [3.63, 3.8) is 0 Å². The summed E-state index contributed by atoms with van der Waals surface area (Å²) < 4.78 is 18.2.